The molecule has 0 spiro atoms. The van der Waals surface area contributed by atoms with E-state index < -0.39 is 15.9 Å². The van der Waals surface area contributed by atoms with Crippen LogP contribution in [0.5, 0.6) is 0 Å². The quantitative estimate of drug-likeness (QED) is 0.504. The highest BCUT2D eigenvalue weighted by Crippen LogP contribution is 2.33. The topological polar surface area (TPSA) is 126 Å². The molecular formula is C23H30Cl2N6O4S. The average molecular weight is 558 g/mol. The molecule has 0 radical (unpaired) electrons. The first-order valence-electron chi connectivity index (χ1n) is 12.1. The molecule has 2 aliphatic heterocycles. The van der Waals surface area contributed by atoms with Gasteiger partial charge in [-0.25, -0.2) is 27.7 Å². The molecule has 1 amide bonds. The molecule has 196 valence electrons. The molecular weight excluding hydrogens is 527 g/mol. The summed E-state index contributed by atoms with van der Waals surface area (Å²) < 4.78 is 31.3. The molecule has 13 heteroatoms. The third-order valence-electron chi connectivity index (χ3n) is 6.52. The molecule has 2 N–H and O–H groups in total. The van der Waals surface area contributed by atoms with E-state index in [1.807, 2.05) is 0 Å². The summed E-state index contributed by atoms with van der Waals surface area (Å²) in [6.45, 7) is 4.45. The Morgan fingerprint density at radius 1 is 1.17 bits per heavy atom. The molecule has 0 aromatic carbocycles. The molecule has 10 nitrogen and oxygen atoms in total. The van der Waals surface area contributed by atoms with Crippen LogP contribution in [0.15, 0.2) is 18.5 Å². The van der Waals surface area contributed by atoms with Gasteiger partial charge in [0.1, 0.15) is 17.3 Å². The van der Waals surface area contributed by atoms with Crippen LogP contribution in [0.4, 0.5) is 11.6 Å². The van der Waals surface area contributed by atoms with Crippen molar-refractivity contribution < 1.29 is 17.9 Å². The summed E-state index contributed by atoms with van der Waals surface area (Å²) in [5, 5.41) is 6.58. The maximum Gasteiger partial charge on any atom is 0.229 e. The summed E-state index contributed by atoms with van der Waals surface area (Å²) in [7, 11) is -3.35. The molecule has 2 aliphatic rings. The van der Waals surface area contributed by atoms with Gasteiger partial charge in [0.15, 0.2) is 5.15 Å². The molecule has 0 unspecified atom stereocenters. The van der Waals surface area contributed by atoms with E-state index in [2.05, 4.69) is 25.6 Å². The van der Waals surface area contributed by atoms with Gasteiger partial charge in [-0.1, -0.05) is 23.2 Å². The second-order valence-corrected chi connectivity index (χ2v) is 12.0. The lowest BCUT2D eigenvalue weighted by molar-refractivity contribution is -0.120. The smallest absolute Gasteiger partial charge is 0.229 e. The third kappa shape index (κ3) is 6.63. The number of sulfonamides is 1. The summed E-state index contributed by atoms with van der Waals surface area (Å²) >= 11 is 12.8. The fourth-order valence-corrected chi connectivity index (χ4v) is 5.90. The highest BCUT2D eigenvalue weighted by molar-refractivity contribution is 7.89. The van der Waals surface area contributed by atoms with Gasteiger partial charge in [-0.15, -0.1) is 0 Å². The Balaban J connectivity index is 1.48. The number of piperidine rings is 1. The van der Waals surface area contributed by atoms with Crippen LogP contribution in [0.2, 0.25) is 10.2 Å². The first kappa shape index (κ1) is 27.0. The zero-order valence-corrected chi connectivity index (χ0v) is 22.4. The van der Waals surface area contributed by atoms with Crippen molar-refractivity contribution in [3.05, 3.63) is 28.6 Å². The van der Waals surface area contributed by atoms with Gasteiger partial charge in [0.05, 0.1) is 22.9 Å². The van der Waals surface area contributed by atoms with E-state index in [-0.39, 0.29) is 29.2 Å². The highest BCUT2D eigenvalue weighted by atomic mass is 35.5. The number of amides is 1. The highest BCUT2D eigenvalue weighted by Gasteiger charge is 2.31. The fourth-order valence-electron chi connectivity index (χ4n) is 4.34. The van der Waals surface area contributed by atoms with Gasteiger partial charge in [-0.05, 0) is 44.6 Å². The summed E-state index contributed by atoms with van der Waals surface area (Å²) in [6.07, 6.45) is 6.19. The number of ether oxygens (including phenoxy) is 1. The first-order chi connectivity index (χ1) is 17.3. The summed E-state index contributed by atoms with van der Waals surface area (Å²) in [6, 6.07) is 1.60. The zero-order valence-electron chi connectivity index (χ0n) is 20.0. The number of halogens is 2. The number of aromatic nitrogens is 3. The average Bonchev–Trinajstić information content (AvgIpc) is 2.90. The maximum absolute atomic E-state index is 12.9. The van der Waals surface area contributed by atoms with Gasteiger partial charge in [0.25, 0.3) is 0 Å². The van der Waals surface area contributed by atoms with Crippen LogP contribution in [0, 0.1) is 11.8 Å². The van der Waals surface area contributed by atoms with Crippen molar-refractivity contribution in [1.29, 1.82) is 0 Å². The van der Waals surface area contributed by atoms with Crippen LogP contribution in [0.3, 0.4) is 0 Å². The number of nitrogens with one attached hydrogen (secondary N) is 2. The predicted molar refractivity (Wildman–Crippen MR) is 140 cm³/mol. The van der Waals surface area contributed by atoms with Crippen LogP contribution < -0.4 is 10.6 Å². The van der Waals surface area contributed by atoms with Crippen molar-refractivity contribution in [2.24, 2.45) is 11.8 Å². The number of anilines is 2. The van der Waals surface area contributed by atoms with Crippen LogP contribution in [-0.2, 0) is 19.6 Å². The summed E-state index contributed by atoms with van der Waals surface area (Å²) in [5.41, 5.74) is 0.849. The van der Waals surface area contributed by atoms with E-state index in [0.29, 0.717) is 47.4 Å². The normalized spacial score (nSPS) is 19.7. The number of carbonyl (C=O) groups excluding carboxylic acids is 1. The maximum atomic E-state index is 12.9. The molecule has 4 rings (SSSR count). The van der Waals surface area contributed by atoms with E-state index in [0.717, 1.165) is 32.6 Å². The predicted octanol–water partition coefficient (Wildman–Crippen LogP) is 3.68. The minimum atomic E-state index is -3.35. The van der Waals surface area contributed by atoms with E-state index in [4.69, 9.17) is 27.9 Å². The molecule has 0 bridgehead atoms. The number of nitrogens with zero attached hydrogens (tertiary/aromatic N) is 4. The van der Waals surface area contributed by atoms with Crippen LogP contribution in [0.25, 0.3) is 11.3 Å². The van der Waals surface area contributed by atoms with E-state index in [1.165, 1.54) is 10.5 Å². The SMILES string of the molecule is CCS(=O)(=O)N1CCC[C@H](C(=O)Nc2cc(-c3nc(NCC4CCOCC4)cnc3Cl)c(Cl)cn2)C1. The molecule has 2 saturated heterocycles. The lowest BCUT2D eigenvalue weighted by Crippen LogP contribution is -2.44. The number of hydrogen-bond acceptors (Lipinski definition) is 8. The second-order valence-electron chi connectivity index (χ2n) is 8.97. The van der Waals surface area contributed by atoms with Gasteiger partial charge in [0, 0.05) is 44.6 Å². The van der Waals surface area contributed by atoms with Crippen molar-refractivity contribution in [1.82, 2.24) is 19.3 Å². The van der Waals surface area contributed by atoms with Gasteiger partial charge in [-0.2, -0.15) is 0 Å². The minimum absolute atomic E-state index is 0.00816. The zero-order chi connectivity index (χ0) is 25.7. The molecule has 2 aromatic heterocycles. The Bertz CT molecular complexity index is 1190. The molecule has 0 aliphatic carbocycles. The molecule has 36 heavy (non-hydrogen) atoms. The number of hydrogen-bond donors (Lipinski definition) is 2. The number of carbonyl (C=O) groups is 1. The number of pyridine rings is 1. The Morgan fingerprint density at radius 2 is 1.94 bits per heavy atom. The van der Waals surface area contributed by atoms with Crippen molar-refractivity contribution >= 4 is 50.8 Å². The first-order valence-corrected chi connectivity index (χ1v) is 14.4. The molecule has 2 aromatic rings. The monoisotopic (exact) mass is 556 g/mol. The van der Waals surface area contributed by atoms with Gasteiger partial charge in [-0.3, -0.25) is 4.79 Å². The van der Waals surface area contributed by atoms with Crippen molar-refractivity contribution in [3.8, 4) is 11.3 Å². The van der Waals surface area contributed by atoms with Crippen molar-refractivity contribution in [3.63, 3.8) is 0 Å². The van der Waals surface area contributed by atoms with Gasteiger partial charge < -0.3 is 15.4 Å². The standard InChI is InChI=1S/C23H30Cl2N6O4S/c1-2-36(33,34)31-7-3-4-16(14-31)23(32)30-19-10-17(18(24)12-27-19)21-22(25)28-13-20(29-21)26-11-15-5-8-35-9-6-15/h10,12-13,15-16H,2-9,11,14H2,1H3,(H,26,29)(H,27,30,32)/t16-/m0/s1. The van der Waals surface area contributed by atoms with Crippen LogP contribution >= 0.6 is 23.2 Å². The van der Waals surface area contributed by atoms with Gasteiger partial charge >= 0.3 is 0 Å². The fraction of sp³-hybridized carbons (Fsp3) is 0.565. The summed E-state index contributed by atoms with van der Waals surface area (Å²) in [5.74, 6) is 0.577. The van der Waals surface area contributed by atoms with E-state index >= 15 is 0 Å². The van der Waals surface area contributed by atoms with Crippen molar-refractivity contribution in [2.45, 2.75) is 32.6 Å². The third-order valence-corrected chi connectivity index (χ3v) is 8.94. The Kier molecular flexibility index (Phi) is 9.00. The largest absolute Gasteiger partial charge is 0.381 e. The van der Waals surface area contributed by atoms with Crippen LogP contribution in [0.1, 0.15) is 32.6 Å². The lowest BCUT2D eigenvalue weighted by Gasteiger charge is -2.30. The Labute approximate surface area is 221 Å². The molecule has 2 fully saturated rings. The van der Waals surface area contributed by atoms with Gasteiger partial charge in [0.2, 0.25) is 15.9 Å². The van der Waals surface area contributed by atoms with Crippen LogP contribution in [-0.4, -0.2) is 72.2 Å². The Hall–Kier alpha value is -2.05. The summed E-state index contributed by atoms with van der Waals surface area (Å²) in [4.78, 5) is 26.0. The lowest BCUT2D eigenvalue weighted by atomic mass is 9.99. The molecule has 4 heterocycles. The Morgan fingerprint density at radius 3 is 2.69 bits per heavy atom. The van der Waals surface area contributed by atoms with E-state index in [9.17, 15) is 13.2 Å². The number of rotatable bonds is 8. The van der Waals surface area contributed by atoms with Crippen molar-refractivity contribution in [2.75, 3.05) is 49.2 Å². The molecule has 1 atom stereocenters. The minimum Gasteiger partial charge on any atom is -0.381 e. The molecule has 0 saturated carbocycles. The second kappa shape index (κ2) is 12.0. The van der Waals surface area contributed by atoms with E-state index in [1.54, 1.807) is 19.2 Å².